The first kappa shape index (κ1) is 27.0. The zero-order valence-corrected chi connectivity index (χ0v) is 24.2. The van der Waals surface area contributed by atoms with E-state index in [4.69, 9.17) is 0 Å². The predicted molar refractivity (Wildman–Crippen MR) is 175 cm³/mol. The lowest BCUT2D eigenvalue weighted by Gasteiger charge is -2.20. The zero-order valence-electron chi connectivity index (χ0n) is 24.2. The Labute approximate surface area is 263 Å². The van der Waals surface area contributed by atoms with Crippen molar-refractivity contribution in [3.05, 3.63) is 144 Å². The molecule has 0 aliphatic carbocycles. The highest BCUT2D eigenvalue weighted by Crippen LogP contribution is 2.46. The van der Waals surface area contributed by atoms with E-state index in [0.717, 1.165) is 32.9 Å². The average molecular weight is 595 g/mol. The highest BCUT2D eigenvalue weighted by Gasteiger charge is 2.39. The van der Waals surface area contributed by atoms with Gasteiger partial charge < -0.3 is 9.67 Å². The van der Waals surface area contributed by atoms with Gasteiger partial charge in [-0.1, -0.05) is 54.6 Å². The number of aliphatic hydroxyl groups excluding tert-OH is 1. The molecule has 8 heteroatoms. The number of aliphatic hydroxyl groups is 1. The summed E-state index contributed by atoms with van der Waals surface area (Å²) in [5.41, 5.74) is 7.49. The van der Waals surface area contributed by atoms with Crippen molar-refractivity contribution in [2.75, 3.05) is 4.90 Å². The number of rotatable bonds is 4. The Kier molecular flexibility index (Phi) is 6.18. The van der Waals surface area contributed by atoms with Crippen molar-refractivity contribution in [1.29, 1.82) is 10.5 Å². The molecule has 4 aromatic carbocycles. The van der Waals surface area contributed by atoms with Gasteiger partial charge in [0.25, 0.3) is 5.91 Å². The molecular weight excluding hydrogens is 572 g/mol. The summed E-state index contributed by atoms with van der Waals surface area (Å²) in [4.78, 5) is 24.3. The molecule has 1 aliphatic heterocycles. The van der Waals surface area contributed by atoms with Gasteiger partial charge in [0.2, 0.25) is 0 Å². The lowest BCUT2D eigenvalue weighted by Crippen LogP contribution is -2.27. The fourth-order valence-corrected chi connectivity index (χ4v) is 6.64. The minimum Gasteiger partial charge on any atom is -0.369 e. The van der Waals surface area contributed by atoms with Crippen molar-refractivity contribution in [3.63, 3.8) is 0 Å². The van der Waals surface area contributed by atoms with Crippen molar-refractivity contribution in [1.82, 2.24) is 14.5 Å². The molecule has 4 heterocycles. The lowest BCUT2D eigenvalue weighted by atomic mass is 9.93. The van der Waals surface area contributed by atoms with E-state index in [-0.39, 0.29) is 5.91 Å². The third kappa shape index (κ3) is 3.85. The van der Waals surface area contributed by atoms with Crippen LogP contribution in [-0.4, -0.2) is 25.5 Å². The number of nitrogens with zero attached hydrogens (tertiary/aromatic N) is 6. The van der Waals surface area contributed by atoms with E-state index >= 15 is 0 Å². The molecule has 0 bridgehead atoms. The van der Waals surface area contributed by atoms with Gasteiger partial charge >= 0.3 is 0 Å². The largest absolute Gasteiger partial charge is 0.369 e. The normalized spacial score (nSPS) is 13.9. The van der Waals surface area contributed by atoms with Crippen molar-refractivity contribution >= 4 is 33.4 Å². The van der Waals surface area contributed by atoms with Crippen LogP contribution in [0.4, 0.5) is 5.69 Å². The summed E-state index contributed by atoms with van der Waals surface area (Å²) in [6, 6.07) is 34.3. The summed E-state index contributed by atoms with van der Waals surface area (Å²) < 4.78 is 2.03. The summed E-state index contributed by atoms with van der Waals surface area (Å²) in [7, 11) is 0. The maximum atomic E-state index is 14.2. The van der Waals surface area contributed by atoms with Crippen LogP contribution in [0.5, 0.6) is 0 Å². The second-order valence-electron chi connectivity index (χ2n) is 10.9. The number of carbonyl (C=O) groups is 1. The molecule has 1 amide bonds. The smallest absolute Gasteiger partial charge is 0.263 e. The molecule has 0 fully saturated rings. The number of anilines is 1. The van der Waals surface area contributed by atoms with Crippen LogP contribution in [0, 0.1) is 22.7 Å². The van der Waals surface area contributed by atoms with E-state index < -0.39 is 6.23 Å². The fraction of sp³-hybridized carbons (Fsp3) is 0.0263. The number of hydrogen-bond acceptors (Lipinski definition) is 6. The number of benzene rings is 4. The summed E-state index contributed by atoms with van der Waals surface area (Å²) in [6.45, 7) is 0. The van der Waals surface area contributed by atoms with Crippen LogP contribution in [0.3, 0.4) is 0 Å². The van der Waals surface area contributed by atoms with Gasteiger partial charge in [0, 0.05) is 57.9 Å². The molecule has 1 unspecified atom stereocenters. The minimum absolute atomic E-state index is 0.315. The van der Waals surface area contributed by atoms with Crippen LogP contribution in [0.25, 0.3) is 49.7 Å². The number of fused-ring (bicyclic) bond motifs is 4. The number of pyridine rings is 2. The molecule has 1 atom stereocenters. The number of amides is 1. The second kappa shape index (κ2) is 10.5. The summed E-state index contributed by atoms with van der Waals surface area (Å²) >= 11 is 0. The second-order valence-corrected chi connectivity index (χ2v) is 10.9. The van der Waals surface area contributed by atoms with Crippen molar-refractivity contribution < 1.29 is 9.90 Å². The van der Waals surface area contributed by atoms with Crippen molar-refractivity contribution in [3.8, 4) is 40.1 Å². The molecule has 1 N–H and O–H groups in total. The highest BCUT2D eigenvalue weighted by molar-refractivity contribution is 6.22. The van der Waals surface area contributed by atoms with Gasteiger partial charge in [-0.25, -0.2) is 0 Å². The van der Waals surface area contributed by atoms with Gasteiger partial charge in [0.05, 0.1) is 45.5 Å². The Morgan fingerprint density at radius 1 is 0.652 bits per heavy atom. The molecule has 46 heavy (non-hydrogen) atoms. The van der Waals surface area contributed by atoms with E-state index in [1.54, 1.807) is 55.1 Å². The maximum Gasteiger partial charge on any atom is 0.263 e. The molecule has 7 aromatic rings. The molecule has 0 saturated carbocycles. The Morgan fingerprint density at radius 3 is 1.78 bits per heavy atom. The van der Waals surface area contributed by atoms with E-state index in [2.05, 4.69) is 22.1 Å². The standard InChI is InChI=1S/C38H22N6O2/c39-19-23-15-17-41-21-29(23)26-9-4-12-31-34(26)35-27(30-22-42-18-16-24(30)20-40)10-5-13-32(35)44(31)33-14-6-11-28-36(33)38(46)43(37(28)45)25-7-2-1-3-8-25/h1-18,21-22,37,45H. The quantitative estimate of drug-likeness (QED) is 0.228. The third-order valence-electron chi connectivity index (χ3n) is 8.59. The maximum absolute atomic E-state index is 14.2. The van der Waals surface area contributed by atoms with E-state index in [9.17, 15) is 20.4 Å². The van der Waals surface area contributed by atoms with Gasteiger partial charge in [-0.2, -0.15) is 10.5 Å². The van der Waals surface area contributed by atoms with E-state index in [1.165, 1.54) is 4.90 Å². The topological polar surface area (TPSA) is 119 Å². The van der Waals surface area contributed by atoms with Crippen LogP contribution >= 0.6 is 0 Å². The molecule has 8 nitrogen and oxygen atoms in total. The van der Waals surface area contributed by atoms with Crippen LogP contribution < -0.4 is 4.90 Å². The number of nitriles is 2. The predicted octanol–water partition coefficient (Wildman–Crippen LogP) is 7.30. The lowest BCUT2D eigenvalue weighted by molar-refractivity contribution is 0.0935. The van der Waals surface area contributed by atoms with Crippen LogP contribution in [0.1, 0.15) is 33.3 Å². The van der Waals surface area contributed by atoms with Crippen LogP contribution in [0.2, 0.25) is 0 Å². The first-order valence-electron chi connectivity index (χ1n) is 14.6. The van der Waals surface area contributed by atoms with Gasteiger partial charge in [0.15, 0.2) is 6.23 Å². The Bertz CT molecular complexity index is 2340. The summed E-state index contributed by atoms with van der Waals surface area (Å²) in [5, 5.41) is 33.2. The number of hydrogen-bond donors (Lipinski definition) is 1. The SMILES string of the molecule is N#Cc1ccncc1-c1cccc2c1c1c(-c3cnccc3C#N)cccc1n2-c1cccc2c1C(=O)N(c1ccccc1)C2O. The zero-order chi connectivity index (χ0) is 31.4. The summed E-state index contributed by atoms with van der Waals surface area (Å²) in [6.07, 6.45) is 5.39. The third-order valence-corrected chi connectivity index (χ3v) is 8.59. The Morgan fingerprint density at radius 2 is 1.22 bits per heavy atom. The van der Waals surface area contributed by atoms with Crippen LogP contribution in [-0.2, 0) is 0 Å². The number of aromatic nitrogens is 3. The van der Waals surface area contributed by atoms with Gasteiger partial charge in [-0.15, -0.1) is 0 Å². The summed E-state index contributed by atoms with van der Waals surface area (Å²) in [5.74, 6) is -0.315. The van der Waals surface area contributed by atoms with E-state index in [0.29, 0.717) is 44.8 Å². The van der Waals surface area contributed by atoms with Crippen LogP contribution in [0.15, 0.2) is 122 Å². The first-order valence-corrected chi connectivity index (χ1v) is 14.6. The molecule has 0 saturated heterocycles. The Balaban J connectivity index is 1.51. The number of carbonyl (C=O) groups excluding carboxylic acids is 1. The average Bonchev–Trinajstić information content (AvgIpc) is 3.59. The minimum atomic E-state index is -1.16. The molecule has 1 aliphatic rings. The highest BCUT2D eigenvalue weighted by atomic mass is 16.3. The Hall–Kier alpha value is -6.61. The van der Waals surface area contributed by atoms with E-state index in [1.807, 2.05) is 71.3 Å². The molecule has 0 radical (unpaired) electrons. The molecule has 3 aromatic heterocycles. The van der Waals surface area contributed by atoms with Crippen molar-refractivity contribution in [2.45, 2.75) is 6.23 Å². The number of para-hydroxylation sites is 1. The molecule has 8 rings (SSSR count). The van der Waals surface area contributed by atoms with Gasteiger partial charge in [-0.3, -0.25) is 19.7 Å². The molecule has 0 spiro atoms. The van der Waals surface area contributed by atoms with Gasteiger partial charge in [-0.05, 0) is 53.6 Å². The first-order chi connectivity index (χ1) is 22.6. The van der Waals surface area contributed by atoms with Crippen molar-refractivity contribution in [2.24, 2.45) is 0 Å². The molecule has 216 valence electrons. The monoisotopic (exact) mass is 594 g/mol. The fourth-order valence-electron chi connectivity index (χ4n) is 6.64. The van der Waals surface area contributed by atoms with Gasteiger partial charge in [0.1, 0.15) is 0 Å². The molecular formula is C38H22N6O2.